The molecule has 22 heavy (non-hydrogen) atoms. The predicted molar refractivity (Wildman–Crippen MR) is 90.7 cm³/mol. The highest BCUT2D eigenvalue weighted by Crippen LogP contribution is 2.06. The lowest BCUT2D eigenvalue weighted by Gasteiger charge is -2.19. The van der Waals surface area contributed by atoms with Gasteiger partial charge in [0, 0.05) is 13.6 Å². The molecule has 0 aliphatic carbocycles. The van der Waals surface area contributed by atoms with Gasteiger partial charge in [-0.25, -0.2) is 0 Å². The number of halogens is 1. The lowest BCUT2D eigenvalue weighted by Crippen LogP contribution is -2.47. The fraction of sp³-hybridized carbons (Fsp3) is 0.500. The van der Waals surface area contributed by atoms with Gasteiger partial charge in [-0.05, 0) is 18.4 Å². The number of benzene rings is 1. The van der Waals surface area contributed by atoms with Crippen LogP contribution in [0.4, 0.5) is 0 Å². The molecule has 0 spiro atoms. The van der Waals surface area contributed by atoms with E-state index in [-0.39, 0.29) is 36.7 Å². The van der Waals surface area contributed by atoms with Crippen molar-refractivity contribution in [2.75, 3.05) is 13.6 Å². The highest BCUT2D eigenvalue weighted by atomic mass is 35.5. The first-order chi connectivity index (χ1) is 9.81. The summed E-state index contributed by atoms with van der Waals surface area (Å²) in [7, 11) is 1.72. The molecule has 0 saturated carbocycles. The normalized spacial score (nSPS) is 11.5. The van der Waals surface area contributed by atoms with Gasteiger partial charge in [0.25, 0.3) is 0 Å². The van der Waals surface area contributed by atoms with Gasteiger partial charge in [-0.2, -0.15) is 0 Å². The first kappa shape index (κ1) is 20.4. The molecular formula is C16H26ClN3O2. The van der Waals surface area contributed by atoms with Gasteiger partial charge in [0.1, 0.15) is 0 Å². The highest BCUT2D eigenvalue weighted by molar-refractivity contribution is 5.87. The zero-order valence-electron chi connectivity index (χ0n) is 13.6. The summed E-state index contributed by atoms with van der Waals surface area (Å²) in [6, 6.07) is 7.41. The Labute approximate surface area is 138 Å². The number of carbonyl (C=O) groups excluding carboxylic acids is 2. The smallest absolute Gasteiger partial charge is 0.242 e. The molecule has 0 aliphatic rings. The van der Waals surface area contributed by atoms with Crippen LogP contribution in [0, 0.1) is 12.8 Å². The van der Waals surface area contributed by atoms with Crippen molar-refractivity contribution in [2.24, 2.45) is 11.7 Å². The second kappa shape index (κ2) is 9.43. The van der Waals surface area contributed by atoms with Gasteiger partial charge < -0.3 is 16.0 Å². The number of nitrogens with zero attached hydrogens (tertiary/aromatic N) is 1. The third-order valence-corrected chi connectivity index (χ3v) is 3.36. The van der Waals surface area contributed by atoms with Gasteiger partial charge in [0.2, 0.25) is 11.8 Å². The highest BCUT2D eigenvalue weighted by Gasteiger charge is 2.18. The minimum absolute atomic E-state index is 0. The Morgan fingerprint density at radius 3 is 2.50 bits per heavy atom. The van der Waals surface area contributed by atoms with Crippen LogP contribution in [0.15, 0.2) is 24.3 Å². The van der Waals surface area contributed by atoms with Crippen LogP contribution >= 0.6 is 12.4 Å². The fourth-order valence-corrected chi connectivity index (χ4v) is 1.89. The number of aryl methyl sites for hydroxylation is 1. The number of nitrogens with two attached hydrogens (primary N) is 1. The van der Waals surface area contributed by atoms with Crippen LogP contribution in [0.5, 0.6) is 0 Å². The lowest BCUT2D eigenvalue weighted by atomic mass is 10.1. The number of carbonyl (C=O) groups is 2. The Balaban J connectivity index is 0.00000441. The number of rotatable bonds is 6. The standard InChI is InChI=1S/C16H25N3O2.ClH/c1-11(2)15(17)16(21)18-9-14(20)19(4)10-13-7-5-6-12(3)8-13;/h5-8,11,15H,9-10,17H2,1-4H3,(H,18,21);1H/t15-;/m0./s1. The number of nitrogens with one attached hydrogen (secondary N) is 1. The SMILES string of the molecule is Cc1cccc(CN(C)C(=O)CNC(=O)[C@@H](N)C(C)C)c1.Cl. The molecule has 0 aliphatic heterocycles. The molecule has 3 N–H and O–H groups in total. The van der Waals surface area contributed by atoms with Crippen LogP contribution < -0.4 is 11.1 Å². The van der Waals surface area contributed by atoms with Crippen molar-refractivity contribution in [3.05, 3.63) is 35.4 Å². The molecule has 0 saturated heterocycles. The quantitative estimate of drug-likeness (QED) is 0.831. The number of amides is 2. The molecule has 124 valence electrons. The van der Waals surface area contributed by atoms with Crippen LogP contribution in [-0.2, 0) is 16.1 Å². The molecule has 0 heterocycles. The molecule has 0 radical (unpaired) electrons. The number of likely N-dealkylation sites (N-methyl/N-ethyl adjacent to an activating group) is 1. The maximum Gasteiger partial charge on any atom is 0.242 e. The van der Waals surface area contributed by atoms with Gasteiger partial charge in [0.15, 0.2) is 0 Å². The van der Waals surface area contributed by atoms with E-state index in [4.69, 9.17) is 5.73 Å². The summed E-state index contributed by atoms with van der Waals surface area (Å²) in [5.74, 6) is -0.381. The Morgan fingerprint density at radius 2 is 1.95 bits per heavy atom. The molecule has 0 bridgehead atoms. The molecule has 1 atom stereocenters. The van der Waals surface area contributed by atoms with Crippen molar-refractivity contribution >= 4 is 24.2 Å². The van der Waals surface area contributed by atoms with Crippen molar-refractivity contribution in [3.8, 4) is 0 Å². The van der Waals surface area contributed by atoms with Gasteiger partial charge in [-0.3, -0.25) is 9.59 Å². The molecule has 1 rings (SSSR count). The minimum Gasteiger partial charge on any atom is -0.346 e. The average Bonchev–Trinajstić information content (AvgIpc) is 2.43. The van der Waals surface area contributed by atoms with E-state index in [1.54, 1.807) is 11.9 Å². The summed E-state index contributed by atoms with van der Waals surface area (Å²) in [6.45, 7) is 6.25. The molecule has 0 fully saturated rings. The molecule has 6 heteroatoms. The van der Waals surface area contributed by atoms with Crippen molar-refractivity contribution < 1.29 is 9.59 Å². The van der Waals surface area contributed by atoms with Crippen LogP contribution in [-0.4, -0.2) is 36.3 Å². The van der Waals surface area contributed by atoms with E-state index < -0.39 is 6.04 Å². The summed E-state index contributed by atoms with van der Waals surface area (Å²) < 4.78 is 0. The number of hydrogen-bond acceptors (Lipinski definition) is 3. The monoisotopic (exact) mass is 327 g/mol. The molecular weight excluding hydrogens is 302 g/mol. The van der Waals surface area contributed by atoms with Gasteiger partial charge in [-0.15, -0.1) is 12.4 Å². The van der Waals surface area contributed by atoms with Gasteiger partial charge >= 0.3 is 0 Å². The Kier molecular flexibility index (Phi) is 8.75. The summed E-state index contributed by atoms with van der Waals surface area (Å²) in [6.07, 6.45) is 0. The van der Waals surface area contributed by atoms with Crippen molar-refractivity contribution in [3.63, 3.8) is 0 Å². The zero-order chi connectivity index (χ0) is 16.0. The molecule has 5 nitrogen and oxygen atoms in total. The lowest BCUT2D eigenvalue weighted by molar-refractivity contribution is -0.132. The van der Waals surface area contributed by atoms with Crippen LogP contribution in [0.3, 0.4) is 0 Å². The van der Waals surface area contributed by atoms with Gasteiger partial charge in [0.05, 0.1) is 12.6 Å². The van der Waals surface area contributed by atoms with E-state index in [1.165, 1.54) is 0 Å². The second-order valence-corrected chi connectivity index (χ2v) is 5.73. The van der Waals surface area contributed by atoms with E-state index >= 15 is 0 Å². The van der Waals surface area contributed by atoms with E-state index in [1.807, 2.05) is 45.0 Å². The zero-order valence-corrected chi connectivity index (χ0v) is 14.4. The van der Waals surface area contributed by atoms with E-state index in [2.05, 4.69) is 5.32 Å². The van der Waals surface area contributed by atoms with Crippen LogP contribution in [0.25, 0.3) is 0 Å². The summed E-state index contributed by atoms with van der Waals surface area (Å²) in [5.41, 5.74) is 7.95. The van der Waals surface area contributed by atoms with Crippen molar-refractivity contribution in [1.29, 1.82) is 0 Å². The average molecular weight is 328 g/mol. The largest absolute Gasteiger partial charge is 0.346 e. The van der Waals surface area contributed by atoms with Crippen LogP contribution in [0.1, 0.15) is 25.0 Å². The first-order valence-electron chi connectivity index (χ1n) is 7.14. The molecule has 1 aromatic rings. The van der Waals surface area contributed by atoms with E-state index in [0.29, 0.717) is 6.54 Å². The molecule has 0 aromatic heterocycles. The third-order valence-electron chi connectivity index (χ3n) is 3.36. The Bertz CT molecular complexity index is 506. The fourth-order valence-electron chi connectivity index (χ4n) is 1.89. The van der Waals surface area contributed by atoms with E-state index in [0.717, 1.165) is 11.1 Å². The van der Waals surface area contributed by atoms with Crippen molar-refractivity contribution in [2.45, 2.75) is 33.4 Å². The van der Waals surface area contributed by atoms with Crippen LogP contribution in [0.2, 0.25) is 0 Å². The maximum absolute atomic E-state index is 12.0. The maximum atomic E-state index is 12.0. The minimum atomic E-state index is -0.583. The third kappa shape index (κ3) is 6.45. The van der Waals surface area contributed by atoms with Gasteiger partial charge in [-0.1, -0.05) is 43.7 Å². The number of hydrogen-bond donors (Lipinski definition) is 2. The molecule has 1 aromatic carbocycles. The molecule has 2 amide bonds. The topological polar surface area (TPSA) is 75.4 Å². The predicted octanol–water partition coefficient (Wildman–Crippen LogP) is 1.47. The molecule has 0 unspecified atom stereocenters. The Morgan fingerprint density at radius 1 is 1.32 bits per heavy atom. The Hall–Kier alpha value is -1.59. The van der Waals surface area contributed by atoms with Crippen molar-refractivity contribution in [1.82, 2.24) is 10.2 Å². The summed E-state index contributed by atoms with van der Waals surface area (Å²) in [5, 5.41) is 2.59. The summed E-state index contributed by atoms with van der Waals surface area (Å²) >= 11 is 0. The first-order valence-corrected chi connectivity index (χ1v) is 7.14. The second-order valence-electron chi connectivity index (χ2n) is 5.73. The van der Waals surface area contributed by atoms with E-state index in [9.17, 15) is 9.59 Å². The summed E-state index contributed by atoms with van der Waals surface area (Å²) in [4.78, 5) is 25.3.